The highest BCUT2D eigenvalue weighted by molar-refractivity contribution is 6.99. The minimum Gasteiger partial charge on any atom is -0.407 e. The minimum absolute atomic E-state index is 0.0228. The topological polar surface area (TPSA) is 122 Å². The fourth-order valence-electron chi connectivity index (χ4n) is 8.11. The number of hydrogen-bond donors (Lipinski definition) is 1. The average Bonchev–Trinajstić information content (AvgIpc) is 3.95. The van der Waals surface area contributed by atoms with Crippen molar-refractivity contribution in [1.29, 1.82) is 0 Å². The van der Waals surface area contributed by atoms with Crippen LogP contribution in [-0.4, -0.2) is 93.8 Å². The molecular formula is C48H64N10O3Si2. The standard InChI is InChI=1S/C48H64N10O3Si2/c1-36(24-29-61-63(48(2,3)4,37-18-13-11-14-19-37)38-20-15-12-16-21-38)58-42-32-44(50-33-39(42)45(53-58)41-22-17-26-56(41)28-27-54(5)6)51-43-23-25-49-46(52-43)40-34-57(55(7)47(40)59)35-60-30-31-62(8,9)10/h11-23,25-26,32-34,36H,24,27-31,35H2,1-10H3,(H,49,50,51,52). The summed E-state index contributed by atoms with van der Waals surface area (Å²) in [4.78, 5) is 29.7. The van der Waals surface area contributed by atoms with Gasteiger partial charge in [0.05, 0.1) is 17.3 Å². The third-order valence-corrected chi connectivity index (χ3v) is 18.4. The molecule has 5 aromatic heterocycles. The summed E-state index contributed by atoms with van der Waals surface area (Å²) < 4.78 is 21.0. The van der Waals surface area contributed by atoms with Gasteiger partial charge in [0.2, 0.25) is 0 Å². The maximum atomic E-state index is 13.4. The zero-order valence-corrected chi connectivity index (χ0v) is 40.7. The summed E-state index contributed by atoms with van der Waals surface area (Å²) in [7, 11) is 1.94. The van der Waals surface area contributed by atoms with Crippen LogP contribution in [0.5, 0.6) is 0 Å². The van der Waals surface area contributed by atoms with Gasteiger partial charge in [-0.3, -0.25) is 18.8 Å². The Morgan fingerprint density at radius 3 is 2.24 bits per heavy atom. The van der Waals surface area contributed by atoms with Crippen LogP contribution in [0.1, 0.15) is 40.2 Å². The SMILES string of the molecule is CC(CCO[Si](c1ccccc1)(c1ccccc1)C(C)(C)C)n1nc(-c2cccn2CCN(C)C)c2cnc(Nc3ccnc(-c4cn(COCC[Si](C)(C)C)n(C)c4=O)n3)cc21. The molecule has 0 spiro atoms. The lowest BCUT2D eigenvalue weighted by molar-refractivity contribution is 0.0703. The van der Waals surface area contributed by atoms with E-state index < -0.39 is 16.4 Å². The Morgan fingerprint density at radius 2 is 1.59 bits per heavy atom. The van der Waals surface area contributed by atoms with E-state index in [1.165, 1.54) is 10.4 Å². The van der Waals surface area contributed by atoms with Crippen molar-refractivity contribution in [3.63, 3.8) is 0 Å². The second-order valence-corrected chi connectivity index (χ2v) is 28.9. The summed E-state index contributed by atoms with van der Waals surface area (Å²) in [5, 5.41) is 12.1. The molecule has 332 valence electrons. The first-order valence-electron chi connectivity index (χ1n) is 21.9. The number of rotatable bonds is 19. The summed E-state index contributed by atoms with van der Waals surface area (Å²) in [6.07, 6.45) is 8.16. The molecule has 1 unspecified atom stereocenters. The summed E-state index contributed by atoms with van der Waals surface area (Å²) >= 11 is 0. The van der Waals surface area contributed by atoms with Crippen LogP contribution in [0.4, 0.5) is 11.6 Å². The van der Waals surface area contributed by atoms with E-state index in [-0.39, 0.29) is 23.4 Å². The molecule has 63 heavy (non-hydrogen) atoms. The van der Waals surface area contributed by atoms with Gasteiger partial charge in [-0.2, -0.15) is 5.10 Å². The molecule has 2 aromatic carbocycles. The van der Waals surface area contributed by atoms with Gasteiger partial charge in [0.1, 0.15) is 29.6 Å². The van der Waals surface area contributed by atoms with Gasteiger partial charge < -0.3 is 23.9 Å². The van der Waals surface area contributed by atoms with E-state index in [0.717, 1.165) is 47.8 Å². The Bertz CT molecular complexity index is 2620. The molecule has 0 aliphatic heterocycles. The normalized spacial score (nSPS) is 13.0. The lowest BCUT2D eigenvalue weighted by Gasteiger charge is -2.43. The monoisotopic (exact) mass is 884 g/mol. The van der Waals surface area contributed by atoms with Crippen LogP contribution in [-0.2, 0) is 29.5 Å². The lowest BCUT2D eigenvalue weighted by atomic mass is 10.2. The first kappa shape index (κ1) is 45.6. The fraction of sp³-hybridized carbons (Fsp3) is 0.396. The maximum Gasteiger partial charge on any atom is 0.277 e. The molecule has 0 aliphatic rings. The van der Waals surface area contributed by atoms with Gasteiger partial charge in [-0.25, -0.2) is 15.0 Å². The molecule has 1 N–H and O–H groups in total. The highest BCUT2D eigenvalue weighted by atomic mass is 28.4. The number of pyridine rings is 1. The number of fused-ring (bicyclic) bond motifs is 1. The molecular weight excluding hydrogens is 821 g/mol. The number of hydrogen-bond acceptors (Lipinski definition) is 9. The van der Waals surface area contributed by atoms with Crippen molar-refractivity contribution < 1.29 is 9.16 Å². The van der Waals surface area contributed by atoms with Crippen LogP contribution < -0.4 is 21.2 Å². The molecule has 15 heteroatoms. The number of ether oxygens (including phenoxy) is 1. The number of anilines is 2. The first-order valence-corrected chi connectivity index (χ1v) is 27.6. The summed E-state index contributed by atoms with van der Waals surface area (Å²) in [5.74, 6) is 1.44. The van der Waals surface area contributed by atoms with E-state index in [9.17, 15) is 4.79 Å². The Morgan fingerprint density at radius 1 is 0.889 bits per heavy atom. The first-order chi connectivity index (χ1) is 30.1. The van der Waals surface area contributed by atoms with Crippen molar-refractivity contribution in [3.05, 3.63) is 120 Å². The van der Waals surface area contributed by atoms with E-state index in [4.69, 9.17) is 24.2 Å². The number of nitrogens with zero attached hydrogens (tertiary/aromatic N) is 9. The van der Waals surface area contributed by atoms with Crippen LogP contribution >= 0.6 is 0 Å². The molecule has 0 saturated heterocycles. The fourth-order valence-corrected chi connectivity index (χ4v) is 13.4. The van der Waals surface area contributed by atoms with Crippen LogP contribution in [0.3, 0.4) is 0 Å². The lowest BCUT2D eigenvalue weighted by Crippen LogP contribution is -2.66. The molecule has 5 heterocycles. The number of nitrogens with one attached hydrogen (secondary N) is 1. The average molecular weight is 885 g/mol. The number of likely N-dealkylation sites (N-methyl/N-ethyl adjacent to an activating group) is 1. The summed E-state index contributed by atoms with van der Waals surface area (Å²) in [6.45, 7) is 19.3. The van der Waals surface area contributed by atoms with Crippen molar-refractivity contribution in [2.75, 3.05) is 39.2 Å². The van der Waals surface area contributed by atoms with Crippen molar-refractivity contribution in [1.82, 2.24) is 43.6 Å². The molecule has 1 atom stereocenters. The summed E-state index contributed by atoms with van der Waals surface area (Å²) in [6, 6.07) is 30.6. The Labute approximate surface area is 373 Å². The quantitative estimate of drug-likeness (QED) is 0.0636. The summed E-state index contributed by atoms with van der Waals surface area (Å²) in [5.41, 5.74) is 3.05. The van der Waals surface area contributed by atoms with Gasteiger partial charge in [0.25, 0.3) is 13.9 Å². The van der Waals surface area contributed by atoms with Crippen molar-refractivity contribution in [2.24, 2.45) is 7.05 Å². The zero-order valence-electron chi connectivity index (χ0n) is 38.7. The molecule has 0 aliphatic carbocycles. The Balaban J connectivity index is 1.19. The molecule has 7 rings (SSSR count). The molecule has 0 saturated carbocycles. The van der Waals surface area contributed by atoms with Gasteiger partial charge in [0, 0.05) is 77.7 Å². The van der Waals surface area contributed by atoms with Gasteiger partial charge in [-0.05, 0) is 67.1 Å². The number of benzene rings is 2. The molecule has 13 nitrogen and oxygen atoms in total. The van der Waals surface area contributed by atoms with Crippen LogP contribution in [0.25, 0.3) is 33.7 Å². The van der Waals surface area contributed by atoms with E-state index >= 15 is 0 Å². The second-order valence-electron chi connectivity index (χ2n) is 19.0. The second kappa shape index (κ2) is 19.1. The van der Waals surface area contributed by atoms with E-state index in [1.54, 1.807) is 34.9 Å². The largest absolute Gasteiger partial charge is 0.407 e. The van der Waals surface area contributed by atoms with Gasteiger partial charge >= 0.3 is 0 Å². The Kier molecular flexibility index (Phi) is 13.8. The van der Waals surface area contributed by atoms with E-state index in [2.05, 4.69) is 165 Å². The number of aromatic nitrogens is 8. The third kappa shape index (κ3) is 10.2. The third-order valence-electron chi connectivity index (χ3n) is 11.7. The molecule has 0 bridgehead atoms. The van der Waals surface area contributed by atoms with Crippen molar-refractivity contribution in [2.45, 2.75) is 84.2 Å². The van der Waals surface area contributed by atoms with Crippen LogP contribution in [0.2, 0.25) is 30.7 Å². The predicted molar refractivity (Wildman–Crippen MR) is 260 cm³/mol. The smallest absolute Gasteiger partial charge is 0.277 e. The molecule has 0 fully saturated rings. The molecule has 0 radical (unpaired) electrons. The zero-order chi connectivity index (χ0) is 44.9. The Hall–Kier alpha value is -5.46. The van der Waals surface area contributed by atoms with E-state index in [1.807, 2.05) is 12.3 Å². The van der Waals surface area contributed by atoms with Crippen LogP contribution in [0.15, 0.2) is 115 Å². The van der Waals surface area contributed by atoms with Crippen LogP contribution in [0, 0.1) is 0 Å². The highest BCUT2D eigenvalue weighted by Crippen LogP contribution is 2.38. The van der Waals surface area contributed by atoms with Gasteiger partial charge in [-0.1, -0.05) is 101 Å². The maximum absolute atomic E-state index is 13.4. The van der Waals surface area contributed by atoms with Crippen molar-refractivity contribution in [3.8, 4) is 22.8 Å². The molecule has 0 amide bonds. The highest BCUT2D eigenvalue weighted by Gasteiger charge is 2.50. The van der Waals surface area contributed by atoms with Gasteiger partial charge in [-0.15, -0.1) is 0 Å². The van der Waals surface area contributed by atoms with E-state index in [0.29, 0.717) is 36.2 Å². The molecule has 7 aromatic rings. The predicted octanol–water partition coefficient (Wildman–Crippen LogP) is 8.00. The van der Waals surface area contributed by atoms with Crippen molar-refractivity contribution >= 4 is 49.3 Å². The van der Waals surface area contributed by atoms with Gasteiger partial charge in [0.15, 0.2) is 5.82 Å². The minimum atomic E-state index is -2.73.